The molecule has 0 amide bonds. The molecule has 0 unspecified atom stereocenters. The van der Waals surface area contributed by atoms with E-state index in [1.54, 1.807) is 6.07 Å². The molecule has 4 nitrogen and oxygen atoms in total. The predicted molar refractivity (Wildman–Crippen MR) is 72.5 cm³/mol. The van der Waals surface area contributed by atoms with Crippen molar-refractivity contribution in [3.8, 4) is 0 Å². The Bertz CT molecular complexity index is 590. The van der Waals surface area contributed by atoms with Gasteiger partial charge in [0.25, 0.3) is 0 Å². The van der Waals surface area contributed by atoms with Crippen LogP contribution >= 0.6 is 0 Å². The van der Waals surface area contributed by atoms with Crippen LogP contribution in [0.4, 0.5) is 13.2 Å². The summed E-state index contributed by atoms with van der Waals surface area (Å²) < 4.78 is 38.7. The van der Waals surface area contributed by atoms with Crippen LogP contribution < -0.4 is 5.32 Å². The van der Waals surface area contributed by atoms with E-state index in [0.29, 0.717) is 18.3 Å². The molecule has 0 aliphatic carbocycles. The molecule has 0 radical (unpaired) electrons. The zero-order valence-corrected chi connectivity index (χ0v) is 11.9. The first-order valence-electron chi connectivity index (χ1n) is 6.62. The summed E-state index contributed by atoms with van der Waals surface area (Å²) in [4.78, 5) is 4.41. The van der Waals surface area contributed by atoms with Gasteiger partial charge in [-0.25, -0.2) is 0 Å². The average Bonchev–Trinajstić information content (AvgIpc) is 2.85. The Hall–Kier alpha value is -1.89. The molecule has 0 aliphatic heterocycles. The predicted octanol–water partition coefficient (Wildman–Crippen LogP) is 2.84. The molecule has 0 spiro atoms. The molecule has 2 rings (SSSR count). The summed E-state index contributed by atoms with van der Waals surface area (Å²) in [7, 11) is 0. The van der Waals surface area contributed by atoms with Gasteiger partial charge in [0, 0.05) is 18.8 Å². The van der Waals surface area contributed by atoms with E-state index in [1.165, 1.54) is 4.68 Å². The van der Waals surface area contributed by atoms with Gasteiger partial charge in [0.15, 0.2) is 0 Å². The number of nitrogens with one attached hydrogen (secondary N) is 1. The summed E-state index contributed by atoms with van der Waals surface area (Å²) in [6.45, 7) is 4.91. The van der Waals surface area contributed by atoms with Gasteiger partial charge < -0.3 is 5.32 Å². The van der Waals surface area contributed by atoms with Crippen molar-refractivity contribution in [1.29, 1.82) is 0 Å². The van der Waals surface area contributed by atoms with Crippen LogP contribution in [0, 0.1) is 0 Å². The number of hydrogen-bond donors (Lipinski definition) is 1. The first kappa shape index (κ1) is 15.5. The summed E-state index contributed by atoms with van der Waals surface area (Å²) in [5.74, 6) is 0. The molecular weight excluding hydrogens is 281 g/mol. The van der Waals surface area contributed by atoms with E-state index in [2.05, 4.69) is 15.4 Å². The first-order valence-corrected chi connectivity index (χ1v) is 6.62. The lowest BCUT2D eigenvalue weighted by Gasteiger charge is -2.09. The molecule has 2 aromatic rings. The molecular formula is C14H17F3N4. The number of nitrogens with zero attached hydrogens (tertiary/aromatic N) is 3. The number of alkyl halides is 3. The van der Waals surface area contributed by atoms with E-state index in [0.717, 1.165) is 18.1 Å². The molecule has 0 fully saturated rings. The maximum Gasteiger partial charge on any atom is 0.419 e. The van der Waals surface area contributed by atoms with Gasteiger partial charge in [-0.2, -0.15) is 18.3 Å². The van der Waals surface area contributed by atoms with Crippen molar-refractivity contribution < 1.29 is 13.2 Å². The third kappa shape index (κ3) is 4.56. The van der Waals surface area contributed by atoms with Gasteiger partial charge in [0.2, 0.25) is 0 Å². The second-order valence-corrected chi connectivity index (χ2v) is 5.08. The van der Waals surface area contributed by atoms with Crippen molar-refractivity contribution in [2.24, 2.45) is 0 Å². The summed E-state index contributed by atoms with van der Waals surface area (Å²) in [5.41, 5.74) is 0.777. The molecule has 2 heterocycles. The lowest BCUT2D eigenvalue weighted by atomic mass is 10.3. The smallest absolute Gasteiger partial charge is 0.309 e. The highest BCUT2D eigenvalue weighted by Crippen LogP contribution is 2.28. The van der Waals surface area contributed by atoms with Crippen LogP contribution in [0.15, 0.2) is 30.6 Å². The SMILES string of the molecule is CC(C)NCc1cccc(Cn2cc(C(F)(F)F)cn2)n1. The Balaban J connectivity index is 2.06. The third-order valence-electron chi connectivity index (χ3n) is 2.84. The fourth-order valence-corrected chi connectivity index (χ4v) is 1.79. The minimum atomic E-state index is -4.37. The van der Waals surface area contributed by atoms with Crippen molar-refractivity contribution in [2.45, 2.75) is 39.2 Å². The molecule has 0 saturated heterocycles. The van der Waals surface area contributed by atoms with Crippen molar-refractivity contribution in [3.05, 3.63) is 47.5 Å². The normalized spacial score (nSPS) is 12.1. The minimum Gasteiger partial charge on any atom is -0.309 e. The van der Waals surface area contributed by atoms with Crippen molar-refractivity contribution in [2.75, 3.05) is 0 Å². The molecule has 0 atom stereocenters. The van der Waals surface area contributed by atoms with Gasteiger partial charge in [-0.1, -0.05) is 19.9 Å². The Labute approximate surface area is 121 Å². The minimum absolute atomic E-state index is 0.214. The molecule has 2 aromatic heterocycles. The van der Waals surface area contributed by atoms with Crippen LogP contribution in [0.1, 0.15) is 30.8 Å². The van der Waals surface area contributed by atoms with Crippen LogP contribution in [-0.2, 0) is 19.3 Å². The van der Waals surface area contributed by atoms with Gasteiger partial charge in [-0.05, 0) is 12.1 Å². The van der Waals surface area contributed by atoms with Crippen LogP contribution in [0.25, 0.3) is 0 Å². The Morgan fingerprint density at radius 1 is 1.24 bits per heavy atom. The van der Waals surface area contributed by atoms with Crippen molar-refractivity contribution in [1.82, 2.24) is 20.1 Å². The Morgan fingerprint density at radius 2 is 1.95 bits per heavy atom. The van der Waals surface area contributed by atoms with Crippen LogP contribution in [-0.4, -0.2) is 20.8 Å². The topological polar surface area (TPSA) is 42.7 Å². The summed E-state index contributed by atoms with van der Waals surface area (Å²) in [6.07, 6.45) is -2.56. The summed E-state index contributed by atoms with van der Waals surface area (Å²) in [5, 5.41) is 6.97. The van der Waals surface area contributed by atoms with Crippen LogP contribution in [0.3, 0.4) is 0 Å². The second-order valence-electron chi connectivity index (χ2n) is 5.08. The van der Waals surface area contributed by atoms with Gasteiger partial charge in [-0.3, -0.25) is 9.67 Å². The van der Waals surface area contributed by atoms with Gasteiger partial charge >= 0.3 is 6.18 Å². The standard InChI is InChI=1S/C14H17F3N4/c1-10(2)18-7-12-4-3-5-13(20-12)9-21-8-11(6-19-21)14(15,16)17/h3-6,8,10,18H,7,9H2,1-2H3. The largest absolute Gasteiger partial charge is 0.419 e. The fourth-order valence-electron chi connectivity index (χ4n) is 1.79. The summed E-state index contributed by atoms with van der Waals surface area (Å²) >= 11 is 0. The number of pyridine rings is 1. The maximum absolute atomic E-state index is 12.5. The molecule has 0 saturated carbocycles. The quantitative estimate of drug-likeness (QED) is 0.923. The van der Waals surface area contributed by atoms with Gasteiger partial charge in [0.05, 0.1) is 29.7 Å². The lowest BCUT2D eigenvalue weighted by molar-refractivity contribution is -0.137. The first-order chi connectivity index (χ1) is 9.84. The van der Waals surface area contributed by atoms with Crippen molar-refractivity contribution >= 4 is 0 Å². The number of halogens is 3. The zero-order chi connectivity index (χ0) is 15.5. The van der Waals surface area contributed by atoms with E-state index in [1.807, 2.05) is 26.0 Å². The monoisotopic (exact) mass is 298 g/mol. The molecule has 7 heteroatoms. The second kappa shape index (κ2) is 6.26. The molecule has 114 valence electrons. The summed E-state index contributed by atoms with van der Waals surface area (Å²) in [6, 6.07) is 5.83. The maximum atomic E-state index is 12.5. The van der Waals surface area contributed by atoms with E-state index in [4.69, 9.17) is 0 Å². The van der Waals surface area contributed by atoms with Gasteiger partial charge in [0.1, 0.15) is 0 Å². The Kier molecular flexibility index (Phi) is 4.62. The highest BCUT2D eigenvalue weighted by atomic mass is 19.4. The Morgan fingerprint density at radius 3 is 2.57 bits per heavy atom. The zero-order valence-electron chi connectivity index (χ0n) is 11.9. The number of rotatable bonds is 5. The number of aromatic nitrogens is 3. The van der Waals surface area contributed by atoms with E-state index in [9.17, 15) is 13.2 Å². The molecule has 0 bridgehead atoms. The number of hydrogen-bond acceptors (Lipinski definition) is 3. The highest BCUT2D eigenvalue weighted by molar-refractivity contribution is 5.13. The van der Waals surface area contributed by atoms with Crippen LogP contribution in [0.2, 0.25) is 0 Å². The van der Waals surface area contributed by atoms with Crippen LogP contribution in [0.5, 0.6) is 0 Å². The molecule has 21 heavy (non-hydrogen) atoms. The van der Waals surface area contributed by atoms with Crippen molar-refractivity contribution in [3.63, 3.8) is 0 Å². The van der Waals surface area contributed by atoms with E-state index < -0.39 is 11.7 Å². The lowest BCUT2D eigenvalue weighted by Crippen LogP contribution is -2.22. The molecule has 1 N–H and O–H groups in total. The third-order valence-corrected chi connectivity index (χ3v) is 2.84. The fraction of sp³-hybridized carbons (Fsp3) is 0.429. The van der Waals surface area contributed by atoms with Gasteiger partial charge in [-0.15, -0.1) is 0 Å². The average molecular weight is 298 g/mol. The van der Waals surface area contributed by atoms with E-state index >= 15 is 0 Å². The molecule has 0 aromatic carbocycles. The highest BCUT2D eigenvalue weighted by Gasteiger charge is 2.32. The molecule has 0 aliphatic rings. The van der Waals surface area contributed by atoms with E-state index in [-0.39, 0.29) is 6.54 Å².